The highest BCUT2D eigenvalue weighted by atomic mass is 35.5. The van der Waals surface area contributed by atoms with Crippen molar-refractivity contribution >= 4 is 46.9 Å². The van der Waals surface area contributed by atoms with Gasteiger partial charge in [0.1, 0.15) is 0 Å². The third-order valence-corrected chi connectivity index (χ3v) is 6.83. The number of nitrogens with one attached hydrogen (secondary N) is 1. The van der Waals surface area contributed by atoms with Crippen LogP contribution in [0.1, 0.15) is 41.8 Å². The maximum absolute atomic E-state index is 13.5. The number of benzene rings is 3. The average Bonchev–Trinajstić information content (AvgIpc) is 2.82. The molecule has 0 aromatic heterocycles. The molecule has 33 heavy (non-hydrogen) atoms. The van der Waals surface area contributed by atoms with Gasteiger partial charge in [-0.3, -0.25) is 9.59 Å². The lowest BCUT2D eigenvalue weighted by Gasteiger charge is -2.30. The van der Waals surface area contributed by atoms with E-state index in [1.54, 1.807) is 17.0 Å². The van der Waals surface area contributed by atoms with Crippen molar-refractivity contribution in [2.24, 2.45) is 0 Å². The summed E-state index contributed by atoms with van der Waals surface area (Å²) in [5, 5.41) is 3.62. The maximum atomic E-state index is 13.5. The summed E-state index contributed by atoms with van der Waals surface area (Å²) in [5.41, 5.74) is 3.33. The van der Waals surface area contributed by atoms with Gasteiger partial charge in [0.05, 0.1) is 17.1 Å². The van der Waals surface area contributed by atoms with E-state index in [2.05, 4.69) is 5.32 Å². The molecule has 0 fully saturated rings. The van der Waals surface area contributed by atoms with Crippen LogP contribution in [0.4, 0.5) is 5.69 Å². The van der Waals surface area contributed by atoms with Crippen molar-refractivity contribution in [1.29, 1.82) is 0 Å². The molecule has 0 bridgehead atoms. The molecular formula is C27H25ClN2O2S. The van der Waals surface area contributed by atoms with Crippen LogP contribution in [0.3, 0.4) is 0 Å². The molecule has 0 spiro atoms. The summed E-state index contributed by atoms with van der Waals surface area (Å²) in [4.78, 5) is 29.2. The Hall–Kier alpha value is -3.02. The minimum absolute atomic E-state index is 0.0581. The highest BCUT2D eigenvalue weighted by molar-refractivity contribution is 8.04. The van der Waals surface area contributed by atoms with E-state index in [4.69, 9.17) is 11.6 Å². The lowest BCUT2D eigenvalue weighted by atomic mass is 10.1. The second-order valence-electron chi connectivity index (χ2n) is 8.00. The first-order chi connectivity index (χ1) is 15.9. The van der Waals surface area contributed by atoms with Gasteiger partial charge in [0.2, 0.25) is 0 Å². The van der Waals surface area contributed by atoms with Gasteiger partial charge in [0, 0.05) is 21.5 Å². The number of rotatable bonds is 6. The number of nitrogens with zero attached hydrogens (tertiary/aromatic N) is 1. The quantitative estimate of drug-likeness (QED) is 0.410. The molecule has 4 nitrogen and oxygen atoms in total. The van der Waals surface area contributed by atoms with Gasteiger partial charge in [-0.25, -0.2) is 0 Å². The minimum Gasteiger partial charge on any atom is -0.350 e. The molecule has 4 rings (SSSR count). The number of anilines is 1. The van der Waals surface area contributed by atoms with Gasteiger partial charge in [0.15, 0.2) is 0 Å². The fourth-order valence-corrected chi connectivity index (χ4v) is 4.80. The molecule has 1 atom stereocenters. The summed E-state index contributed by atoms with van der Waals surface area (Å²) < 4.78 is 0. The average molecular weight is 477 g/mol. The first-order valence-electron chi connectivity index (χ1n) is 10.9. The van der Waals surface area contributed by atoms with Crippen LogP contribution in [-0.2, 0) is 11.3 Å². The molecule has 1 aliphatic rings. The van der Waals surface area contributed by atoms with Crippen LogP contribution in [0, 0.1) is 0 Å². The summed E-state index contributed by atoms with van der Waals surface area (Å²) in [5.74, 6) is -0.148. The zero-order chi connectivity index (χ0) is 23.4. The highest BCUT2D eigenvalue weighted by Crippen LogP contribution is 2.42. The predicted molar refractivity (Wildman–Crippen MR) is 137 cm³/mol. The monoisotopic (exact) mass is 476 g/mol. The molecular weight excluding hydrogens is 452 g/mol. The first-order valence-corrected chi connectivity index (χ1v) is 12.1. The number of thioether (sulfide) groups is 1. The summed E-state index contributed by atoms with van der Waals surface area (Å²) in [6.07, 6.45) is 2.76. The lowest BCUT2D eigenvalue weighted by molar-refractivity contribution is -0.114. The number of hydrogen-bond donors (Lipinski definition) is 1. The number of halogens is 1. The van der Waals surface area contributed by atoms with Crippen LogP contribution >= 0.6 is 23.4 Å². The maximum Gasteiger partial charge on any atom is 0.265 e. The second-order valence-corrected chi connectivity index (χ2v) is 9.52. The minimum atomic E-state index is -0.0895. The van der Waals surface area contributed by atoms with E-state index >= 15 is 0 Å². The predicted octanol–water partition coefficient (Wildman–Crippen LogP) is 6.55. The Morgan fingerprint density at radius 1 is 1.09 bits per heavy atom. The third kappa shape index (κ3) is 5.49. The van der Waals surface area contributed by atoms with Crippen molar-refractivity contribution in [3.8, 4) is 0 Å². The lowest BCUT2D eigenvalue weighted by Crippen LogP contribution is -2.33. The molecule has 168 valence electrons. The van der Waals surface area contributed by atoms with Crippen LogP contribution in [0.15, 0.2) is 82.6 Å². The van der Waals surface area contributed by atoms with Crippen molar-refractivity contribution in [2.75, 3.05) is 4.90 Å². The number of carbonyl (C=O) groups is 2. The third-order valence-electron chi connectivity index (χ3n) is 5.52. The molecule has 0 saturated carbocycles. The van der Waals surface area contributed by atoms with Crippen LogP contribution in [0.5, 0.6) is 0 Å². The molecule has 1 heterocycles. The zero-order valence-corrected chi connectivity index (χ0v) is 20.1. The Morgan fingerprint density at radius 2 is 1.85 bits per heavy atom. The van der Waals surface area contributed by atoms with Crippen molar-refractivity contribution in [2.45, 2.75) is 37.8 Å². The Balaban J connectivity index is 1.60. The number of para-hydroxylation sites is 1. The fraction of sp³-hybridized carbons (Fsp3) is 0.185. The molecule has 1 N–H and O–H groups in total. The molecule has 3 aromatic rings. The van der Waals surface area contributed by atoms with Crippen LogP contribution in [-0.4, -0.2) is 17.9 Å². The van der Waals surface area contributed by atoms with Crippen LogP contribution in [0.25, 0.3) is 6.08 Å². The van der Waals surface area contributed by atoms with Gasteiger partial charge >= 0.3 is 0 Å². The SMILES string of the molecule is CCC(C)NC(=O)c1ccc(C=C2Sc3ccccc3N(Cc3cccc(Cl)c3)C2=O)cc1. The van der Waals surface area contributed by atoms with Crippen molar-refractivity contribution in [1.82, 2.24) is 5.32 Å². The van der Waals surface area contributed by atoms with Crippen molar-refractivity contribution in [3.05, 3.63) is 99.4 Å². The number of carbonyl (C=O) groups excluding carboxylic acids is 2. The summed E-state index contributed by atoms with van der Waals surface area (Å²) in [6.45, 7) is 4.45. The van der Waals surface area contributed by atoms with E-state index in [1.165, 1.54) is 11.8 Å². The van der Waals surface area contributed by atoms with E-state index in [-0.39, 0.29) is 17.9 Å². The molecule has 0 aliphatic carbocycles. The fourth-order valence-electron chi connectivity index (χ4n) is 3.53. The van der Waals surface area contributed by atoms with Gasteiger partial charge < -0.3 is 10.2 Å². The van der Waals surface area contributed by atoms with E-state index in [9.17, 15) is 9.59 Å². The van der Waals surface area contributed by atoms with Crippen molar-refractivity contribution in [3.63, 3.8) is 0 Å². The Bertz CT molecular complexity index is 1210. The largest absolute Gasteiger partial charge is 0.350 e. The molecule has 2 amide bonds. The summed E-state index contributed by atoms with van der Waals surface area (Å²) in [7, 11) is 0. The van der Waals surface area contributed by atoms with Crippen LogP contribution < -0.4 is 10.2 Å². The molecule has 6 heteroatoms. The first kappa shape index (κ1) is 23.1. The molecule has 1 aliphatic heterocycles. The van der Waals surface area contributed by atoms with E-state index < -0.39 is 0 Å². The standard InChI is InChI=1S/C27H25ClN2O2S/c1-3-18(2)29-26(31)21-13-11-19(12-14-21)16-25-27(32)30(17-20-7-6-8-22(28)15-20)23-9-4-5-10-24(23)33-25/h4-16,18H,3,17H2,1-2H3,(H,29,31). The van der Waals surface area contributed by atoms with Crippen LogP contribution in [0.2, 0.25) is 5.02 Å². The Morgan fingerprint density at radius 3 is 2.58 bits per heavy atom. The molecule has 3 aromatic carbocycles. The summed E-state index contributed by atoms with van der Waals surface area (Å²) in [6, 6.07) is 22.9. The van der Waals surface area contributed by atoms with E-state index in [0.29, 0.717) is 22.0 Å². The van der Waals surface area contributed by atoms with Gasteiger partial charge in [0.25, 0.3) is 11.8 Å². The highest BCUT2D eigenvalue weighted by Gasteiger charge is 2.29. The smallest absolute Gasteiger partial charge is 0.265 e. The van der Waals surface area contributed by atoms with Gasteiger partial charge in [-0.1, -0.05) is 66.7 Å². The van der Waals surface area contributed by atoms with Gasteiger partial charge in [-0.2, -0.15) is 0 Å². The normalized spacial score (nSPS) is 15.3. The Kier molecular flexibility index (Phi) is 7.21. The van der Waals surface area contributed by atoms with Gasteiger partial charge in [-0.05, 0) is 66.9 Å². The molecule has 0 radical (unpaired) electrons. The summed E-state index contributed by atoms with van der Waals surface area (Å²) >= 11 is 7.62. The van der Waals surface area contributed by atoms with Crippen molar-refractivity contribution < 1.29 is 9.59 Å². The number of hydrogen-bond acceptors (Lipinski definition) is 3. The molecule has 0 saturated heterocycles. The topological polar surface area (TPSA) is 49.4 Å². The van der Waals surface area contributed by atoms with E-state index in [1.807, 2.05) is 80.6 Å². The Labute approximate surface area is 203 Å². The number of amides is 2. The molecule has 1 unspecified atom stereocenters. The van der Waals surface area contributed by atoms with E-state index in [0.717, 1.165) is 28.1 Å². The van der Waals surface area contributed by atoms with Gasteiger partial charge in [-0.15, -0.1) is 0 Å². The number of fused-ring (bicyclic) bond motifs is 1. The second kappa shape index (κ2) is 10.3. The zero-order valence-electron chi connectivity index (χ0n) is 18.5.